The third-order valence-corrected chi connectivity index (χ3v) is 7.00. The maximum Gasteiger partial charge on any atom is 0.234 e. The lowest BCUT2D eigenvalue weighted by molar-refractivity contribution is -0.126. The Morgan fingerprint density at radius 3 is 2.66 bits per heavy atom. The second kappa shape index (κ2) is 7.52. The number of aliphatic hydroxyl groups is 1. The summed E-state index contributed by atoms with van der Waals surface area (Å²) in [7, 11) is 0. The number of hydrogen-bond donors (Lipinski definition) is 2. The second-order valence-electron chi connectivity index (χ2n) is 8.55. The van der Waals surface area contributed by atoms with Gasteiger partial charge in [0.1, 0.15) is 0 Å². The van der Waals surface area contributed by atoms with Gasteiger partial charge in [0, 0.05) is 31.2 Å². The minimum absolute atomic E-state index is 0.0482. The summed E-state index contributed by atoms with van der Waals surface area (Å²) in [5.41, 5.74) is 3.34. The van der Waals surface area contributed by atoms with Crippen LogP contribution in [0.25, 0.3) is 0 Å². The van der Waals surface area contributed by atoms with Crippen molar-refractivity contribution in [2.24, 2.45) is 0 Å². The largest absolute Gasteiger partial charge is 0.390 e. The molecular weight excluding hydrogens is 364 g/mol. The maximum absolute atomic E-state index is 12.0. The molecule has 2 N–H and O–H groups in total. The number of hydrogen-bond acceptors (Lipinski definition) is 5. The SMILES string of the molecule is O=C1CN([C@@H]2c3ccccc3C3(CCN(Cc4ccccn4)CC3)[C@H]2O)CCN1. The first kappa shape index (κ1) is 18.7. The number of aromatic nitrogens is 1. The normalized spacial score (nSPS) is 27.0. The van der Waals surface area contributed by atoms with E-state index in [0.717, 1.165) is 44.7 Å². The van der Waals surface area contributed by atoms with Crippen LogP contribution in [-0.2, 0) is 16.8 Å². The summed E-state index contributed by atoms with van der Waals surface area (Å²) < 4.78 is 0. The van der Waals surface area contributed by atoms with Crippen molar-refractivity contribution in [1.82, 2.24) is 20.1 Å². The van der Waals surface area contributed by atoms with Crippen LogP contribution in [0, 0.1) is 0 Å². The van der Waals surface area contributed by atoms with E-state index < -0.39 is 6.10 Å². The van der Waals surface area contributed by atoms with Gasteiger partial charge in [0.2, 0.25) is 5.91 Å². The van der Waals surface area contributed by atoms with Crippen molar-refractivity contribution in [1.29, 1.82) is 0 Å². The molecule has 2 saturated heterocycles. The number of amides is 1. The molecule has 0 saturated carbocycles. The van der Waals surface area contributed by atoms with Crippen molar-refractivity contribution >= 4 is 5.91 Å². The number of nitrogens with zero attached hydrogens (tertiary/aromatic N) is 3. The van der Waals surface area contributed by atoms with E-state index >= 15 is 0 Å². The zero-order chi connectivity index (χ0) is 19.8. The van der Waals surface area contributed by atoms with Crippen LogP contribution in [-0.4, -0.2) is 64.6 Å². The second-order valence-corrected chi connectivity index (χ2v) is 8.55. The third kappa shape index (κ3) is 3.25. The molecule has 6 heteroatoms. The number of pyridine rings is 1. The molecule has 29 heavy (non-hydrogen) atoms. The molecule has 1 amide bonds. The number of rotatable bonds is 3. The van der Waals surface area contributed by atoms with Gasteiger partial charge in [-0.3, -0.25) is 19.6 Å². The van der Waals surface area contributed by atoms with Gasteiger partial charge in [0.25, 0.3) is 0 Å². The highest BCUT2D eigenvalue weighted by Crippen LogP contribution is 2.52. The van der Waals surface area contributed by atoms with Crippen molar-refractivity contribution in [3.8, 4) is 0 Å². The summed E-state index contributed by atoms with van der Waals surface area (Å²) in [5, 5.41) is 14.5. The molecule has 2 fully saturated rings. The number of carbonyl (C=O) groups is 1. The van der Waals surface area contributed by atoms with E-state index in [0.29, 0.717) is 13.1 Å². The molecule has 0 unspecified atom stereocenters. The van der Waals surface area contributed by atoms with Gasteiger partial charge < -0.3 is 10.4 Å². The van der Waals surface area contributed by atoms with E-state index in [1.807, 2.05) is 18.3 Å². The van der Waals surface area contributed by atoms with Crippen LogP contribution in [0.1, 0.15) is 35.7 Å². The summed E-state index contributed by atoms with van der Waals surface area (Å²) in [6.45, 7) is 4.52. The zero-order valence-corrected chi connectivity index (χ0v) is 16.6. The van der Waals surface area contributed by atoms with Crippen LogP contribution in [0.4, 0.5) is 0 Å². The Bertz CT molecular complexity index is 879. The maximum atomic E-state index is 12.0. The molecule has 1 spiro atoms. The van der Waals surface area contributed by atoms with Crippen LogP contribution in [0.15, 0.2) is 48.7 Å². The lowest BCUT2D eigenvalue weighted by atomic mass is 9.72. The van der Waals surface area contributed by atoms with Crippen LogP contribution >= 0.6 is 0 Å². The lowest BCUT2D eigenvalue weighted by Crippen LogP contribution is -2.53. The Kier molecular flexibility index (Phi) is 4.86. The van der Waals surface area contributed by atoms with Crippen LogP contribution in [0.2, 0.25) is 0 Å². The minimum atomic E-state index is -0.484. The quantitative estimate of drug-likeness (QED) is 0.828. The van der Waals surface area contributed by atoms with E-state index in [2.05, 4.69) is 50.4 Å². The lowest BCUT2D eigenvalue weighted by Gasteiger charge is -2.44. The monoisotopic (exact) mass is 392 g/mol. The third-order valence-electron chi connectivity index (χ3n) is 7.00. The van der Waals surface area contributed by atoms with Crippen LogP contribution in [0.3, 0.4) is 0 Å². The van der Waals surface area contributed by atoms with E-state index in [4.69, 9.17) is 0 Å². The molecule has 152 valence electrons. The van der Waals surface area contributed by atoms with Crippen molar-refractivity contribution in [3.05, 3.63) is 65.5 Å². The predicted octanol–water partition coefficient (Wildman–Crippen LogP) is 1.46. The highest BCUT2D eigenvalue weighted by atomic mass is 16.3. The fraction of sp³-hybridized carbons (Fsp3) is 0.478. The van der Waals surface area contributed by atoms with E-state index in [-0.39, 0.29) is 17.4 Å². The van der Waals surface area contributed by atoms with Crippen molar-refractivity contribution < 1.29 is 9.90 Å². The number of fused-ring (bicyclic) bond motifs is 2. The molecule has 2 aromatic rings. The summed E-state index contributed by atoms with van der Waals surface area (Å²) in [5.74, 6) is 0.0482. The molecule has 1 aromatic heterocycles. The molecule has 0 radical (unpaired) electrons. The fourth-order valence-electron chi connectivity index (χ4n) is 5.53. The average molecular weight is 393 g/mol. The first-order valence-electron chi connectivity index (χ1n) is 10.6. The standard InChI is InChI=1S/C23H28N4O2/c28-20-16-27(14-11-25-20)21-18-6-1-2-7-19(18)23(22(21)29)8-12-26(13-9-23)15-17-5-3-4-10-24-17/h1-7,10,21-22,29H,8-9,11-16H2,(H,25,28)/t21-,22+/m1/s1. The predicted molar refractivity (Wildman–Crippen MR) is 110 cm³/mol. The summed E-state index contributed by atoms with van der Waals surface area (Å²) in [4.78, 5) is 21.0. The Labute approximate surface area is 171 Å². The minimum Gasteiger partial charge on any atom is -0.390 e. The average Bonchev–Trinajstić information content (AvgIpc) is 2.99. The number of nitrogens with one attached hydrogen (secondary N) is 1. The number of piperazine rings is 1. The number of piperidine rings is 1. The first-order chi connectivity index (χ1) is 14.2. The topological polar surface area (TPSA) is 68.7 Å². The summed E-state index contributed by atoms with van der Waals surface area (Å²) in [6, 6.07) is 14.4. The zero-order valence-electron chi connectivity index (χ0n) is 16.6. The number of benzene rings is 1. The van der Waals surface area contributed by atoms with Gasteiger partial charge in [0.15, 0.2) is 0 Å². The Balaban J connectivity index is 1.38. The Morgan fingerprint density at radius 1 is 1.10 bits per heavy atom. The van der Waals surface area contributed by atoms with Gasteiger partial charge in [-0.05, 0) is 49.2 Å². The van der Waals surface area contributed by atoms with Gasteiger partial charge in [-0.2, -0.15) is 0 Å². The van der Waals surface area contributed by atoms with E-state index in [1.165, 1.54) is 11.1 Å². The van der Waals surface area contributed by atoms with Gasteiger partial charge in [0.05, 0.1) is 24.4 Å². The van der Waals surface area contributed by atoms with Crippen molar-refractivity contribution in [2.75, 3.05) is 32.7 Å². The van der Waals surface area contributed by atoms with Crippen LogP contribution < -0.4 is 5.32 Å². The summed E-state index contributed by atoms with van der Waals surface area (Å²) >= 11 is 0. The molecule has 2 atom stereocenters. The highest BCUT2D eigenvalue weighted by molar-refractivity contribution is 5.78. The molecule has 5 rings (SSSR count). The molecule has 6 nitrogen and oxygen atoms in total. The number of likely N-dealkylation sites (tertiary alicyclic amines) is 1. The molecule has 0 bridgehead atoms. The number of carbonyl (C=O) groups excluding carboxylic acids is 1. The van der Waals surface area contributed by atoms with Gasteiger partial charge in [-0.15, -0.1) is 0 Å². The van der Waals surface area contributed by atoms with Crippen LogP contribution in [0.5, 0.6) is 0 Å². The van der Waals surface area contributed by atoms with E-state index in [9.17, 15) is 9.90 Å². The Hall–Kier alpha value is -2.28. The smallest absolute Gasteiger partial charge is 0.234 e. The fourth-order valence-corrected chi connectivity index (χ4v) is 5.53. The molecular formula is C23H28N4O2. The molecule has 2 aliphatic heterocycles. The van der Waals surface area contributed by atoms with E-state index in [1.54, 1.807) is 0 Å². The Morgan fingerprint density at radius 2 is 1.90 bits per heavy atom. The van der Waals surface area contributed by atoms with Gasteiger partial charge >= 0.3 is 0 Å². The summed E-state index contributed by atoms with van der Waals surface area (Å²) in [6.07, 6.45) is 3.21. The molecule has 1 aliphatic carbocycles. The van der Waals surface area contributed by atoms with Crippen molar-refractivity contribution in [2.45, 2.75) is 36.9 Å². The van der Waals surface area contributed by atoms with Gasteiger partial charge in [-0.25, -0.2) is 0 Å². The molecule has 3 heterocycles. The molecule has 3 aliphatic rings. The van der Waals surface area contributed by atoms with Crippen molar-refractivity contribution in [3.63, 3.8) is 0 Å². The number of aliphatic hydroxyl groups excluding tert-OH is 1. The first-order valence-corrected chi connectivity index (χ1v) is 10.6. The van der Waals surface area contributed by atoms with Gasteiger partial charge in [-0.1, -0.05) is 30.3 Å². The highest BCUT2D eigenvalue weighted by Gasteiger charge is 2.54. The molecule has 1 aromatic carbocycles.